The number of benzene rings is 2. The molecule has 9 heteroatoms. The summed E-state index contributed by atoms with van der Waals surface area (Å²) in [7, 11) is 2.94. The van der Waals surface area contributed by atoms with Gasteiger partial charge in [0.05, 0.1) is 21.2 Å². The molecule has 0 N–H and O–H groups in total. The molecule has 0 bridgehead atoms. The zero-order valence-electron chi connectivity index (χ0n) is 12.9. The Balaban J connectivity index is 2.27. The van der Waals surface area contributed by atoms with Gasteiger partial charge in [-0.1, -0.05) is 12.1 Å². The number of non-ortho nitro benzene ring substituents is 2. The number of carbonyl (C=O) groups excluding carboxylic acids is 1. The first-order valence-electron chi connectivity index (χ1n) is 6.81. The predicted octanol–water partition coefficient (Wildman–Crippen LogP) is 3.20. The molecule has 24 heavy (non-hydrogen) atoms. The number of nitrogens with zero attached hydrogens (tertiary/aromatic N) is 4. The third-order valence-corrected chi connectivity index (χ3v) is 3.43. The average molecular weight is 330 g/mol. The monoisotopic (exact) mass is 330 g/mol. The number of urea groups is 1. The number of hydrogen-bond acceptors (Lipinski definition) is 5. The van der Waals surface area contributed by atoms with Gasteiger partial charge in [0.15, 0.2) is 0 Å². The molecule has 0 heterocycles. The first kappa shape index (κ1) is 16.9. The SMILES string of the molecule is CN(C(=O)N(C)c1cccc([N+](=O)[O-])c1)c1cccc([N+](=O)[O-])c1. The zero-order valence-corrected chi connectivity index (χ0v) is 12.9. The molecule has 0 aliphatic rings. The summed E-state index contributed by atoms with van der Waals surface area (Å²) in [5, 5.41) is 21.7. The number of carbonyl (C=O) groups is 1. The van der Waals surface area contributed by atoms with Crippen molar-refractivity contribution in [2.75, 3.05) is 23.9 Å². The van der Waals surface area contributed by atoms with Crippen LogP contribution in [0.2, 0.25) is 0 Å². The second-order valence-corrected chi connectivity index (χ2v) is 4.95. The van der Waals surface area contributed by atoms with Gasteiger partial charge in [0.25, 0.3) is 11.4 Å². The molecule has 124 valence electrons. The van der Waals surface area contributed by atoms with Crippen LogP contribution in [0.5, 0.6) is 0 Å². The van der Waals surface area contributed by atoms with Crippen molar-refractivity contribution in [3.8, 4) is 0 Å². The van der Waals surface area contributed by atoms with Crippen LogP contribution < -0.4 is 9.80 Å². The molecule has 9 nitrogen and oxygen atoms in total. The highest BCUT2D eigenvalue weighted by Crippen LogP contribution is 2.24. The molecule has 0 radical (unpaired) electrons. The van der Waals surface area contributed by atoms with Crippen molar-refractivity contribution in [3.63, 3.8) is 0 Å². The minimum atomic E-state index is -0.550. The van der Waals surface area contributed by atoms with E-state index < -0.39 is 15.9 Å². The van der Waals surface area contributed by atoms with Crippen LogP contribution in [0.4, 0.5) is 27.5 Å². The lowest BCUT2D eigenvalue weighted by molar-refractivity contribution is -0.385. The summed E-state index contributed by atoms with van der Waals surface area (Å²) in [6.45, 7) is 0. The Labute approximate surface area is 137 Å². The van der Waals surface area contributed by atoms with Crippen LogP contribution >= 0.6 is 0 Å². The molecule has 2 amide bonds. The molecule has 2 rings (SSSR count). The fourth-order valence-electron chi connectivity index (χ4n) is 2.08. The van der Waals surface area contributed by atoms with Crippen molar-refractivity contribution in [1.29, 1.82) is 0 Å². The smallest absolute Gasteiger partial charge is 0.297 e. The molecule has 0 aliphatic heterocycles. The first-order chi connectivity index (χ1) is 11.3. The van der Waals surface area contributed by atoms with Crippen LogP contribution in [-0.4, -0.2) is 30.0 Å². The minimum Gasteiger partial charge on any atom is -0.297 e. The molecule has 0 spiro atoms. The Morgan fingerprint density at radius 2 is 1.21 bits per heavy atom. The number of hydrogen-bond donors (Lipinski definition) is 0. The number of rotatable bonds is 4. The number of nitro benzene ring substituents is 2. The first-order valence-corrected chi connectivity index (χ1v) is 6.81. The Kier molecular flexibility index (Phi) is 4.73. The maximum absolute atomic E-state index is 12.5. The van der Waals surface area contributed by atoms with Gasteiger partial charge in [0.2, 0.25) is 0 Å². The van der Waals surface area contributed by atoms with Crippen molar-refractivity contribution in [2.45, 2.75) is 0 Å². The molecule has 2 aromatic rings. The fourth-order valence-corrected chi connectivity index (χ4v) is 2.08. The van der Waals surface area contributed by atoms with Gasteiger partial charge in [0, 0.05) is 38.4 Å². The molecule has 0 aliphatic carbocycles. The Hall–Kier alpha value is -3.49. The summed E-state index contributed by atoms with van der Waals surface area (Å²) in [6, 6.07) is 10.8. The lowest BCUT2D eigenvalue weighted by Gasteiger charge is -2.24. The lowest BCUT2D eigenvalue weighted by atomic mass is 10.2. The Morgan fingerprint density at radius 1 is 0.833 bits per heavy atom. The van der Waals surface area contributed by atoms with E-state index in [-0.39, 0.29) is 11.4 Å². The number of amides is 2. The highest BCUT2D eigenvalue weighted by Gasteiger charge is 2.20. The van der Waals surface area contributed by atoms with E-state index in [0.29, 0.717) is 11.4 Å². The molecular formula is C15H14N4O5. The van der Waals surface area contributed by atoms with Crippen LogP contribution in [0.3, 0.4) is 0 Å². The molecule has 0 atom stereocenters. The van der Waals surface area contributed by atoms with Crippen molar-refractivity contribution in [2.24, 2.45) is 0 Å². The van der Waals surface area contributed by atoms with E-state index in [4.69, 9.17) is 0 Å². The highest BCUT2D eigenvalue weighted by molar-refractivity contribution is 6.03. The maximum atomic E-state index is 12.5. The van der Waals surface area contributed by atoms with Gasteiger partial charge in [-0.15, -0.1) is 0 Å². The topological polar surface area (TPSA) is 110 Å². The summed E-state index contributed by atoms with van der Waals surface area (Å²) in [6.07, 6.45) is 0. The van der Waals surface area contributed by atoms with E-state index >= 15 is 0 Å². The zero-order chi connectivity index (χ0) is 17.9. The normalized spacial score (nSPS) is 10.1. The third kappa shape index (κ3) is 3.46. The van der Waals surface area contributed by atoms with Crippen LogP contribution in [0.25, 0.3) is 0 Å². The van der Waals surface area contributed by atoms with Crippen molar-refractivity contribution < 1.29 is 14.6 Å². The second-order valence-electron chi connectivity index (χ2n) is 4.95. The van der Waals surface area contributed by atoms with E-state index in [1.54, 1.807) is 12.1 Å². The van der Waals surface area contributed by atoms with Gasteiger partial charge >= 0.3 is 6.03 Å². The van der Waals surface area contributed by atoms with Crippen molar-refractivity contribution in [1.82, 2.24) is 0 Å². The summed E-state index contributed by atoms with van der Waals surface area (Å²) in [5.41, 5.74) is 0.410. The maximum Gasteiger partial charge on any atom is 0.328 e. The van der Waals surface area contributed by atoms with Crippen LogP contribution in [0.15, 0.2) is 48.5 Å². The molecule has 0 aromatic heterocycles. The van der Waals surface area contributed by atoms with E-state index in [0.717, 1.165) is 0 Å². The predicted molar refractivity (Wildman–Crippen MR) is 88.4 cm³/mol. The molecule has 0 fully saturated rings. The third-order valence-electron chi connectivity index (χ3n) is 3.43. The van der Waals surface area contributed by atoms with Crippen LogP contribution in [-0.2, 0) is 0 Å². The summed E-state index contributed by atoms with van der Waals surface area (Å²) >= 11 is 0. The van der Waals surface area contributed by atoms with E-state index in [9.17, 15) is 25.0 Å². The lowest BCUT2D eigenvalue weighted by Crippen LogP contribution is -2.38. The molecule has 0 saturated carbocycles. The van der Waals surface area contributed by atoms with Gasteiger partial charge in [-0.3, -0.25) is 30.0 Å². The molecular weight excluding hydrogens is 316 g/mol. The standard InChI is InChI=1S/C15H14N4O5/c1-16(11-5-3-7-13(9-11)18(21)22)15(20)17(2)12-6-4-8-14(10-12)19(23)24/h3-10H,1-2H3. The van der Waals surface area contributed by atoms with Crippen molar-refractivity contribution >= 4 is 28.8 Å². The van der Waals surface area contributed by atoms with E-state index in [1.807, 2.05) is 0 Å². The fraction of sp³-hybridized carbons (Fsp3) is 0.133. The van der Waals surface area contributed by atoms with Crippen LogP contribution in [0, 0.1) is 20.2 Å². The number of anilines is 2. The largest absolute Gasteiger partial charge is 0.328 e. The molecule has 2 aromatic carbocycles. The van der Waals surface area contributed by atoms with Gasteiger partial charge in [-0.2, -0.15) is 0 Å². The van der Waals surface area contributed by atoms with Gasteiger partial charge < -0.3 is 0 Å². The average Bonchev–Trinajstić information content (AvgIpc) is 2.59. The minimum absolute atomic E-state index is 0.134. The summed E-state index contributed by atoms with van der Waals surface area (Å²) < 4.78 is 0. The molecule has 0 saturated heterocycles. The van der Waals surface area contributed by atoms with Gasteiger partial charge in [0.1, 0.15) is 0 Å². The van der Waals surface area contributed by atoms with Crippen molar-refractivity contribution in [3.05, 3.63) is 68.8 Å². The molecule has 0 unspecified atom stereocenters. The number of nitro groups is 2. The Bertz CT molecular complexity index is 742. The van der Waals surface area contributed by atoms with E-state index in [2.05, 4.69) is 0 Å². The van der Waals surface area contributed by atoms with Gasteiger partial charge in [-0.25, -0.2) is 4.79 Å². The van der Waals surface area contributed by atoms with Crippen LogP contribution in [0.1, 0.15) is 0 Å². The Morgan fingerprint density at radius 3 is 1.54 bits per heavy atom. The second kappa shape index (κ2) is 6.73. The highest BCUT2D eigenvalue weighted by atomic mass is 16.6. The summed E-state index contributed by atoms with van der Waals surface area (Å²) in [4.78, 5) is 35.5. The quantitative estimate of drug-likeness (QED) is 0.631. The summed E-state index contributed by atoms with van der Waals surface area (Å²) in [5.74, 6) is 0. The van der Waals surface area contributed by atoms with Gasteiger partial charge in [-0.05, 0) is 12.1 Å². The van der Waals surface area contributed by atoms with E-state index in [1.165, 1.54) is 60.3 Å².